The van der Waals surface area contributed by atoms with Crippen LogP contribution in [-0.4, -0.2) is 6.54 Å². The molecule has 2 nitrogen and oxygen atoms in total. The molecule has 5 aromatic carbocycles. The zero-order valence-electron chi connectivity index (χ0n) is 29.5. The molecule has 0 saturated heterocycles. The lowest BCUT2D eigenvalue weighted by Gasteiger charge is -2.32. The van der Waals surface area contributed by atoms with E-state index in [0.29, 0.717) is 0 Å². The summed E-state index contributed by atoms with van der Waals surface area (Å²) in [4.78, 5) is 4.91. The van der Waals surface area contributed by atoms with Crippen LogP contribution in [0.25, 0.3) is 16.3 Å². The van der Waals surface area contributed by atoms with Gasteiger partial charge in [0.2, 0.25) is 0 Å². The maximum absolute atomic E-state index is 2.49. The van der Waals surface area contributed by atoms with E-state index in [0.717, 1.165) is 32.2 Å². The maximum Gasteiger partial charge on any atom is 0.0493 e. The SMILES string of the molecule is CC/C(C)=C(\C=C/CN(c1ccccc1)c1cccc2ccccc12)c1ccc(N(C2=C3C=CC=CCC3=CCC2)c2ccccc2)cc1C. The van der Waals surface area contributed by atoms with E-state index in [2.05, 4.69) is 194 Å². The van der Waals surface area contributed by atoms with E-state index in [1.165, 1.54) is 72.6 Å². The van der Waals surface area contributed by atoms with Gasteiger partial charge < -0.3 is 9.80 Å². The second-order valence-corrected chi connectivity index (χ2v) is 13.2. The summed E-state index contributed by atoms with van der Waals surface area (Å²) in [5, 5.41) is 2.51. The monoisotopic (exact) mass is 650 g/mol. The number of benzene rings is 5. The van der Waals surface area contributed by atoms with Gasteiger partial charge in [-0.1, -0.05) is 134 Å². The lowest BCUT2D eigenvalue weighted by Crippen LogP contribution is -2.20. The summed E-state index contributed by atoms with van der Waals surface area (Å²) in [5.74, 6) is 0. The van der Waals surface area contributed by atoms with E-state index < -0.39 is 0 Å². The fraction of sp³-hybridized carbons (Fsp3) is 0.167. The lowest BCUT2D eigenvalue weighted by atomic mass is 9.91. The molecular formula is C48H46N2. The molecule has 2 aliphatic carbocycles. The molecule has 0 bridgehead atoms. The largest absolute Gasteiger partial charge is 0.337 e. The minimum absolute atomic E-state index is 0.757. The Labute approximate surface area is 298 Å². The molecule has 0 heterocycles. The molecule has 0 aliphatic heterocycles. The standard InChI is InChI=1S/C48H46N2/c1-4-36(2)43(29-18-34-49(40-23-9-6-10-24-40)47-30-16-21-38-20-14-15-28-45(38)47)44-33-32-42(35-37(44)3)50(41-25-11-7-12-26-41)48-31-17-22-39-19-8-5-13-27-46(39)48/h5-16,18,20-30,32-33,35H,4,17,19,31,34H2,1-3H3/b29-18-,43-36+. The molecule has 0 radical (unpaired) electrons. The number of aryl methyl sites for hydroxylation is 1. The molecule has 0 unspecified atom stereocenters. The van der Waals surface area contributed by atoms with Crippen LogP contribution < -0.4 is 9.80 Å². The number of hydrogen-bond donors (Lipinski definition) is 0. The summed E-state index contributed by atoms with van der Waals surface area (Å²) < 4.78 is 0. The second-order valence-electron chi connectivity index (χ2n) is 13.2. The number of hydrogen-bond acceptors (Lipinski definition) is 2. The van der Waals surface area contributed by atoms with Crippen LogP contribution in [0.3, 0.4) is 0 Å². The molecule has 2 heteroatoms. The molecule has 0 amide bonds. The molecule has 5 aromatic rings. The van der Waals surface area contributed by atoms with Crippen molar-refractivity contribution in [2.24, 2.45) is 0 Å². The van der Waals surface area contributed by atoms with E-state index >= 15 is 0 Å². The molecule has 0 aromatic heterocycles. The van der Waals surface area contributed by atoms with Crippen molar-refractivity contribution in [2.45, 2.75) is 46.5 Å². The van der Waals surface area contributed by atoms with Gasteiger partial charge in [-0.3, -0.25) is 0 Å². The average molecular weight is 651 g/mol. The third-order valence-electron chi connectivity index (χ3n) is 10.0. The highest BCUT2D eigenvalue weighted by molar-refractivity contribution is 5.96. The van der Waals surface area contributed by atoms with Crippen LogP contribution in [0.2, 0.25) is 0 Å². The molecule has 248 valence electrons. The Morgan fingerprint density at radius 3 is 2.28 bits per heavy atom. The Balaban J connectivity index is 1.25. The van der Waals surface area contributed by atoms with Crippen molar-refractivity contribution in [1.29, 1.82) is 0 Å². The van der Waals surface area contributed by atoms with Crippen molar-refractivity contribution in [1.82, 2.24) is 0 Å². The van der Waals surface area contributed by atoms with Gasteiger partial charge in [-0.25, -0.2) is 0 Å². The predicted octanol–water partition coefficient (Wildman–Crippen LogP) is 13.4. The summed E-state index contributed by atoms with van der Waals surface area (Å²) in [6, 6.07) is 43.9. The molecule has 0 N–H and O–H groups in total. The van der Waals surface area contributed by atoms with E-state index in [-0.39, 0.29) is 0 Å². The van der Waals surface area contributed by atoms with Gasteiger partial charge in [0.15, 0.2) is 0 Å². The molecule has 0 spiro atoms. The smallest absolute Gasteiger partial charge is 0.0493 e. The van der Waals surface area contributed by atoms with Crippen molar-refractivity contribution >= 4 is 39.1 Å². The van der Waals surface area contributed by atoms with Gasteiger partial charge in [-0.05, 0) is 115 Å². The van der Waals surface area contributed by atoms with Crippen molar-refractivity contribution in [2.75, 3.05) is 16.3 Å². The topological polar surface area (TPSA) is 6.48 Å². The predicted molar refractivity (Wildman–Crippen MR) is 216 cm³/mol. The average Bonchev–Trinajstić information content (AvgIpc) is 3.42. The summed E-state index contributed by atoms with van der Waals surface area (Å²) in [6.07, 6.45) is 20.1. The lowest BCUT2D eigenvalue weighted by molar-refractivity contribution is 0.882. The van der Waals surface area contributed by atoms with Crippen molar-refractivity contribution in [3.05, 3.63) is 197 Å². The minimum Gasteiger partial charge on any atom is -0.337 e. The van der Waals surface area contributed by atoms with Crippen LogP contribution >= 0.6 is 0 Å². The Morgan fingerprint density at radius 2 is 1.50 bits per heavy atom. The van der Waals surface area contributed by atoms with Crippen LogP contribution in [0, 0.1) is 6.92 Å². The Bertz CT molecular complexity index is 2150. The maximum atomic E-state index is 2.49. The van der Waals surface area contributed by atoms with Crippen LogP contribution in [0.5, 0.6) is 0 Å². The molecule has 0 fully saturated rings. The molecule has 50 heavy (non-hydrogen) atoms. The van der Waals surface area contributed by atoms with Gasteiger partial charge in [0.1, 0.15) is 0 Å². The molecule has 0 atom stereocenters. The fourth-order valence-electron chi connectivity index (χ4n) is 7.32. The number of nitrogens with zero attached hydrogens (tertiary/aromatic N) is 2. The first-order valence-electron chi connectivity index (χ1n) is 18.0. The summed E-state index contributed by atoms with van der Waals surface area (Å²) in [5.41, 5.74) is 14.2. The van der Waals surface area contributed by atoms with E-state index in [9.17, 15) is 0 Å². The van der Waals surface area contributed by atoms with Crippen LogP contribution in [0.1, 0.15) is 50.7 Å². The second kappa shape index (κ2) is 15.3. The third-order valence-corrected chi connectivity index (χ3v) is 10.0. The molecule has 0 saturated carbocycles. The summed E-state index contributed by atoms with van der Waals surface area (Å²) >= 11 is 0. The number of rotatable bonds is 10. The quantitative estimate of drug-likeness (QED) is 0.139. The fourth-order valence-corrected chi connectivity index (χ4v) is 7.32. The third kappa shape index (κ3) is 6.93. The van der Waals surface area contributed by atoms with Gasteiger partial charge >= 0.3 is 0 Å². The molecule has 7 rings (SSSR count). The summed E-state index contributed by atoms with van der Waals surface area (Å²) in [7, 11) is 0. The zero-order chi connectivity index (χ0) is 34.3. The van der Waals surface area contributed by atoms with Crippen molar-refractivity contribution in [3.8, 4) is 0 Å². The first-order valence-corrected chi connectivity index (χ1v) is 18.0. The van der Waals surface area contributed by atoms with Crippen molar-refractivity contribution < 1.29 is 0 Å². The molecule has 2 aliphatic rings. The Hall–Kier alpha value is -5.60. The normalized spacial score (nSPS) is 14.7. The van der Waals surface area contributed by atoms with Gasteiger partial charge in [-0.2, -0.15) is 0 Å². The van der Waals surface area contributed by atoms with Crippen LogP contribution in [0.4, 0.5) is 22.7 Å². The molecular weight excluding hydrogens is 605 g/mol. The van der Waals surface area contributed by atoms with Gasteiger partial charge in [-0.15, -0.1) is 0 Å². The zero-order valence-corrected chi connectivity index (χ0v) is 29.5. The van der Waals surface area contributed by atoms with E-state index in [4.69, 9.17) is 0 Å². The van der Waals surface area contributed by atoms with E-state index in [1.54, 1.807) is 0 Å². The Kier molecular flexibility index (Phi) is 10.1. The van der Waals surface area contributed by atoms with Gasteiger partial charge in [0.25, 0.3) is 0 Å². The summed E-state index contributed by atoms with van der Waals surface area (Å²) in [6.45, 7) is 7.56. The number of para-hydroxylation sites is 2. The van der Waals surface area contributed by atoms with E-state index in [1.807, 2.05) is 0 Å². The number of allylic oxidation sites excluding steroid dienone is 11. The van der Waals surface area contributed by atoms with Crippen molar-refractivity contribution in [3.63, 3.8) is 0 Å². The first-order chi connectivity index (χ1) is 24.6. The highest BCUT2D eigenvalue weighted by Crippen LogP contribution is 2.40. The highest BCUT2D eigenvalue weighted by atomic mass is 15.2. The minimum atomic E-state index is 0.757. The van der Waals surface area contributed by atoms with Crippen LogP contribution in [-0.2, 0) is 0 Å². The highest BCUT2D eigenvalue weighted by Gasteiger charge is 2.23. The Morgan fingerprint density at radius 1 is 0.760 bits per heavy atom. The van der Waals surface area contributed by atoms with Gasteiger partial charge in [0.05, 0.1) is 0 Å². The van der Waals surface area contributed by atoms with Crippen LogP contribution in [0.15, 0.2) is 186 Å². The number of fused-ring (bicyclic) bond motifs is 2. The first kappa shape index (κ1) is 32.9. The van der Waals surface area contributed by atoms with Gasteiger partial charge in [0, 0.05) is 40.4 Å². The number of anilines is 4.